The quantitative estimate of drug-likeness (QED) is 0.441. The lowest BCUT2D eigenvalue weighted by Gasteiger charge is -2.29. The molecule has 9 heteroatoms. The van der Waals surface area contributed by atoms with E-state index in [4.69, 9.17) is 4.74 Å². The van der Waals surface area contributed by atoms with Crippen molar-refractivity contribution in [3.63, 3.8) is 0 Å². The van der Waals surface area contributed by atoms with Crippen molar-refractivity contribution in [1.29, 1.82) is 0 Å². The van der Waals surface area contributed by atoms with Gasteiger partial charge in [0.1, 0.15) is 11.4 Å². The Balaban J connectivity index is 1.62. The highest BCUT2D eigenvalue weighted by Crippen LogP contribution is 2.42. The Hall–Kier alpha value is -2.68. The molecule has 1 aromatic carbocycles. The van der Waals surface area contributed by atoms with Crippen LogP contribution in [0.1, 0.15) is 44.2 Å². The van der Waals surface area contributed by atoms with Gasteiger partial charge in [-0.05, 0) is 62.9 Å². The van der Waals surface area contributed by atoms with Gasteiger partial charge in [0.05, 0.1) is 27.8 Å². The van der Waals surface area contributed by atoms with E-state index in [0.717, 1.165) is 4.73 Å². The Morgan fingerprint density at radius 1 is 1.09 bits per heavy atom. The highest BCUT2D eigenvalue weighted by atomic mass is 32.2. The summed E-state index contributed by atoms with van der Waals surface area (Å²) < 4.78 is 59.9. The molecule has 0 atom stereocenters. The summed E-state index contributed by atoms with van der Waals surface area (Å²) in [5, 5.41) is 12.7. The highest BCUT2D eigenvalue weighted by molar-refractivity contribution is 7.92. The van der Waals surface area contributed by atoms with Gasteiger partial charge in [0, 0.05) is 24.0 Å². The summed E-state index contributed by atoms with van der Waals surface area (Å²) in [7, 11) is -3.45. The average molecular weight is 463 g/mol. The zero-order chi connectivity index (χ0) is 22.7. The van der Waals surface area contributed by atoms with Gasteiger partial charge in [-0.15, -0.1) is 0 Å². The summed E-state index contributed by atoms with van der Waals surface area (Å²) in [5.74, 6) is -2.24. The Morgan fingerprint density at radius 2 is 1.81 bits per heavy atom. The number of fused-ring (bicyclic) bond motifs is 1. The molecule has 6 nitrogen and oxygen atoms in total. The lowest BCUT2D eigenvalue weighted by atomic mass is 9.94. The normalized spacial score (nSPS) is 19.3. The number of sulfone groups is 1. The lowest BCUT2D eigenvalue weighted by Crippen LogP contribution is -2.31. The van der Waals surface area contributed by atoms with Gasteiger partial charge in [-0.3, -0.25) is 0 Å². The molecule has 2 aliphatic rings. The third-order valence-corrected chi connectivity index (χ3v) is 8.64. The third-order valence-electron chi connectivity index (χ3n) is 6.38. The largest absolute Gasteiger partial charge is 0.710 e. The number of H-pyrrole nitrogens is 1. The van der Waals surface area contributed by atoms with Crippen LogP contribution in [0.25, 0.3) is 22.2 Å². The number of aromatic nitrogens is 2. The van der Waals surface area contributed by atoms with Crippen molar-refractivity contribution in [3.8, 4) is 16.9 Å². The second-order valence-corrected chi connectivity index (χ2v) is 11.0. The first-order valence-electron chi connectivity index (χ1n) is 10.8. The van der Waals surface area contributed by atoms with Crippen molar-refractivity contribution >= 4 is 20.9 Å². The van der Waals surface area contributed by atoms with Gasteiger partial charge in [0.15, 0.2) is 9.84 Å². The minimum absolute atomic E-state index is 0.206. The molecule has 2 aromatic heterocycles. The Kier molecular flexibility index (Phi) is 4.92. The summed E-state index contributed by atoms with van der Waals surface area (Å²) in [6.07, 6.45) is 2.55. The van der Waals surface area contributed by atoms with E-state index in [1.165, 1.54) is 6.07 Å². The van der Waals surface area contributed by atoms with Crippen molar-refractivity contribution in [2.75, 3.05) is 0 Å². The van der Waals surface area contributed by atoms with E-state index < -0.39 is 15.8 Å². The zero-order valence-electron chi connectivity index (χ0n) is 17.6. The van der Waals surface area contributed by atoms with E-state index in [9.17, 15) is 22.4 Å². The van der Waals surface area contributed by atoms with Gasteiger partial charge >= 0.3 is 0 Å². The molecule has 2 saturated carbocycles. The summed E-state index contributed by atoms with van der Waals surface area (Å²) in [4.78, 5) is 3.14. The molecule has 0 radical (unpaired) electrons. The standard InChI is InChI=1S/C23H24F2N2O4S/c1-14-12-19(18-8-11-26-22(18)27(14)28)20-13-17(32(29,30)16-2-3-16)4-5-21(20)31-15-6-9-23(24,25)10-7-15/h4-5,8,11-13,15-16,26H,2-3,6-7,9-10H2,1H3. The molecule has 0 saturated heterocycles. The van der Waals surface area contributed by atoms with E-state index in [0.29, 0.717) is 46.4 Å². The molecule has 0 aliphatic heterocycles. The molecule has 0 spiro atoms. The summed E-state index contributed by atoms with van der Waals surface area (Å²) in [5.41, 5.74) is 2.00. The number of alkyl halides is 2. The van der Waals surface area contributed by atoms with E-state index >= 15 is 0 Å². The van der Waals surface area contributed by atoms with Crippen LogP contribution in [0.2, 0.25) is 0 Å². The van der Waals surface area contributed by atoms with Crippen molar-refractivity contribution in [3.05, 3.63) is 47.4 Å². The fraction of sp³-hybridized carbons (Fsp3) is 0.435. The van der Waals surface area contributed by atoms with Gasteiger partial charge in [-0.25, -0.2) is 26.9 Å². The maximum Gasteiger partial charge on any atom is 0.290 e. The van der Waals surface area contributed by atoms with Crippen molar-refractivity contribution in [2.24, 2.45) is 0 Å². The average Bonchev–Trinajstić information content (AvgIpc) is 3.51. The van der Waals surface area contributed by atoms with Gasteiger partial charge in [0.2, 0.25) is 5.92 Å². The lowest BCUT2D eigenvalue weighted by molar-refractivity contribution is -0.586. The molecule has 2 heterocycles. The number of halogens is 2. The van der Waals surface area contributed by atoms with E-state index in [1.54, 1.807) is 37.4 Å². The van der Waals surface area contributed by atoms with E-state index in [2.05, 4.69) is 4.98 Å². The molecule has 170 valence electrons. The fourth-order valence-electron chi connectivity index (χ4n) is 4.37. The zero-order valence-corrected chi connectivity index (χ0v) is 18.4. The molecule has 0 bridgehead atoms. The predicted octanol–water partition coefficient (Wildman–Crippen LogP) is 4.67. The number of aromatic amines is 1. The maximum absolute atomic E-state index is 13.6. The minimum atomic E-state index is -3.45. The molecule has 2 aliphatic carbocycles. The molecule has 5 rings (SSSR count). The minimum Gasteiger partial charge on any atom is -0.710 e. The summed E-state index contributed by atoms with van der Waals surface area (Å²) >= 11 is 0. The van der Waals surface area contributed by atoms with Gasteiger partial charge < -0.3 is 9.94 Å². The van der Waals surface area contributed by atoms with Gasteiger partial charge in [-0.2, -0.15) is 0 Å². The Morgan fingerprint density at radius 3 is 2.50 bits per heavy atom. The number of benzene rings is 1. The summed E-state index contributed by atoms with van der Waals surface area (Å²) in [6, 6.07) is 8.20. The van der Waals surface area contributed by atoms with Gasteiger partial charge in [0.25, 0.3) is 5.65 Å². The van der Waals surface area contributed by atoms with Crippen LogP contribution in [0.3, 0.4) is 0 Å². The van der Waals surface area contributed by atoms with Crippen LogP contribution in [0.15, 0.2) is 41.4 Å². The van der Waals surface area contributed by atoms with E-state index in [-0.39, 0.29) is 41.9 Å². The second-order valence-electron chi connectivity index (χ2n) is 8.81. The number of aryl methyl sites for hydroxylation is 1. The molecule has 0 amide bonds. The molecule has 1 N–H and O–H groups in total. The number of ether oxygens (including phenoxy) is 1. The van der Waals surface area contributed by atoms with E-state index in [1.807, 2.05) is 0 Å². The Labute approximate surface area is 184 Å². The number of nitrogens with zero attached hydrogens (tertiary/aromatic N) is 1. The number of pyridine rings is 1. The SMILES string of the molecule is Cc1cc(-c2cc(S(=O)(=O)C3CC3)ccc2OC2CCC(F)(F)CC2)c2cc[nH]c2[n+]1[O-]. The molecular weight excluding hydrogens is 438 g/mol. The smallest absolute Gasteiger partial charge is 0.290 e. The van der Waals surface area contributed by atoms with Crippen molar-refractivity contribution in [1.82, 2.24) is 4.98 Å². The first-order chi connectivity index (χ1) is 15.2. The van der Waals surface area contributed by atoms with Crippen molar-refractivity contribution < 1.29 is 26.7 Å². The second kappa shape index (κ2) is 7.43. The molecule has 3 aromatic rings. The van der Waals surface area contributed by atoms with Crippen LogP contribution in [0, 0.1) is 12.1 Å². The first kappa shape index (κ1) is 21.2. The fourth-order valence-corrected chi connectivity index (χ4v) is 6.05. The van der Waals surface area contributed by atoms with Crippen LogP contribution in [-0.4, -0.2) is 30.7 Å². The third kappa shape index (κ3) is 3.72. The molecule has 32 heavy (non-hydrogen) atoms. The molecular formula is C23H24F2N2O4S. The molecule has 2 fully saturated rings. The first-order valence-corrected chi connectivity index (χ1v) is 12.3. The van der Waals surface area contributed by atoms with Crippen LogP contribution in [-0.2, 0) is 9.84 Å². The monoisotopic (exact) mass is 462 g/mol. The topological polar surface area (TPSA) is 86.1 Å². The van der Waals surface area contributed by atoms with Crippen LogP contribution in [0.5, 0.6) is 5.75 Å². The van der Waals surface area contributed by atoms with Crippen LogP contribution in [0.4, 0.5) is 8.78 Å². The Bertz CT molecular complexity index is 1290. The predicted molar refractivity (Wildman–Crippen MR) is 115 cm³/mol. The number of hydrogen-bond donors (Lipinski definition) is 1. The summed E-state index contributed by atoms with van der Waals surface area (Å²) in [6.45, 7) is 1.67. The van der Waals surface area contributed by atoms with Gasteiger partial charge in [-0.1, -0.05) is 0 Å². The van der Waals surface area contributed by atoms with Crippen molar-refractivity contribution in [2.45, 2.75) is 67.6 Å². The van der Waals surface area contributed by atoms with Crippen LogP contribution < -0.4 is 9.47 Å². The molecule has 0 unspecified atom stereocenters. The van der Waals surface area contributed by atoms with Crippen LogP contribution >= 0.6 is 0 Å². The highest BCUT2D eigenvalue weighted by Gasteiger charge is 2.38. The number of nitrogens with one attached hydrogen (secondary N) is 1. The maximum atomic E-state index is 13.6. The number of hydrogen-bond acceptors (Lipinski definition) is 4. The number of rotatable bonds is 5.